The number of hydrogen-bond acceptors (Lipinski definition) is 5. The first-order chi connectivity index (χ1) is 11.1. The molecular formula is C17H25NO4S. The van der Waals surface area contributed by atoms with E-state index in [1.807, 2.05) is 13.2 Å². The normalized spacial score (nSPS) is 11.8. The third-order valence-electron chi connectivity index (χ3n) is 3.26. The van der Waals surface area contributed by atoms with E-state index in [9.17, 15) is 14.7 Å². The molecule has 0 fully saturated rings. The van der Waals surface area contributed by atoms with E-state index in [4.69, 9.17) is 4.74 Å². The summed E-state index contributed by atoms with van der Waals surface area (Å²) in [5.74, 6) is 0.909. The predicted octanol–water partition coefficient (Wildman–Crippen LogP) is 2.68. The summed E-state index contributed by atoms with van der Waals surface area (Å²) in [6.07, 6.45) is 3.77. The van der Waals surface area contributed by atoms with E-state index in [1.54, 1.807) is 36.0 Å². The van der Waals surface area contributed by atoms with Crippen molar-refractivity contribution in [2.45, 2.75) is 38.7 Å². The first-order valence-corrected chi connectivity index (χ1v) is 9.20. The number of esters is 1. The van der Waals surface area contributed by atoms with Gasteiger partial charge in [-0.3, -0.25) is 9.59 Å². The Kier molecular flexibility index (Phi) is 9.40. The number of thioether (sulfide) groups is 1. The van der Waals surface area contributed by atoms with Crippen molar-refractivity contribution < 1.29 is 19.4 Å². The first-order valence-electron chi connectivity index (χ1n) is 7.81. The fourth-order valence-corrected chi connectivity index (χ4v) is 2.26. The number of unbranched alkanes of at least 4 members (excludes halogenated alkanes) is 1. The highest BCUT2D eigenvalue weighted by molar-refractivity contribution is 7.98. The molecule has 0 heterocycles. The maximum atomic E-state index is 11.5. The second kappa shape index (κ2) is 11.1. The second-order valence-corrected chi connectivity index (χ2v) is 6.19. The van der Waals surface area contributed by atoms with Crippen molar-refractivity contribution in [3.05, 3.63) is 29.8 Å². The summed E-state index contributed by atoms with van der Waals surface area (Å²) >= 11 is 1.61. The van der Waals surface area contributed by atoms with Gasteiger partial charge in [0.25, 0.3) is 0 Å². The van der Waals surface area contributed by atoms with Crippen LogP contribution in [0.1, 0.15) is 44.3 Å². The quantitative estimate of drug-likeness (QED) is 0.506. The molecule has 0 spiro atoms. The van der Waals surface area contributed by atoms with Gasteiger partial charge in [-0.1, -0.05) is 25.5 Å². The van der Waals surface area contributed by atoms with Gasteiger partial charge >= 0.3 is 5.97 Å². The molecule has 0 radical (unpaired) electrons. The molecule has 1 rings (SSSR count). The molecule has 0 aliphatic carbocycles. The van der Waals surface area contributed by atoms with Crippen LogP contribution in [-0.4, -0.2) is 35.5 Å². The van der Waals surface area contributed by atoms with Gasteiger partial charge < -0.3 is 15.2 Å². The highest BCUT2D eigenvalue weighted by atomic mass is 32.2. The van der Waals surface area contributed by atoms with E-state index >= 15 is 0 Å². The van der Waals surface area contributed by atoms with E-state index in [0.29, 0.717) is 24.2 Å². The number of aliphatic hydroxyl groups is 1. The lowest BCUT2D eigenvalue weighted by Gasteiger charge is -2.13. The average Bonchev–Trinajstić information content (AvgIpc) is 2.56. The van der Waals surface area contributed by atoms with Crippen molar-refractivity contribution in [3.63, 3.8) is 0 Å². The predicted molar refractivity (Wildman–Crippen MR) is 92.6 cm³/mol. The average molecular weight is 339 g/mol. The zero-order valence-electron chi connectivity index (χ0n) is 13.7. The van der Waals surface area contributed by atoms with Crippen LogP contribution < -0.4 is 10.1 Å². The number of benzene rings is 1. The van der Waals surface area contributed by atoms with Crippen LogP contribution in [0.15, 0.2) is 24.3 Å². The summed E-state index contributed by atoms with van der Waals surface area (Å²) in [5.41, 5.74) is 0.670. The molecular weight excluding hydrogens is 314 g/mol. The van der Waals surface area contributed by atoms with Crippen LogP contribution in [0.3, 0.4) is 0 Å². The standard InChI is InChI=1S/C17H25NO4S/c1-3-4-5-17(21)22-14-8-6-13(7-9-14)15(19)12-18-16(20)10-11-23-2/h6-9,15,19H,3-5,10-12H2,1-2H3,(H,18,20). The smallest absolute Gasteiger partial charge is 0.311 e. The molecule has 0 saturated carbocycles. The lowest BCUT2D eigenvalue weighted by molar-refractivity contribution is -0.134. The number of carbonyl (C=O) groups excluding carboxylic acids is 2. The lowest BCUT2D eigenvalue weighted by Crippen LogP contribution is -2.28. The number of rotatable bonds is 10. The van der Waals surface area contributed by atoms with Crippen molar-refractivity contribution in [1.29, 1.82) is 0 Å². The maximum absolute atomic E-state index is 11.5. The van der Waals surface area contributed by atoms with Gasteiger partial charge in [0.05, 0.1) is 6.10 Å². The number of carbonyl (C=O) groups is 2. The van der Waals surface area contributed by atoms with E-state index < -0.39 is 6.10 Å². The Morgan fingerprint density at radius 1 is 1.26 bits per heavy atom. The van der Waals surface area contributed by atoms with Crippen LogP contribution in [0.5, 0.6) is 5.75 Å². The van der Waals surface area contributed by atoms with E-state index in [-0.39, 0.29) is 18.4 Å². The van der Waals surface area contributed by atoms with Gasteiger partial charge in [0, 0.05) is 25.1 Å². The molecule has 0 aliphatic heterocycles. The van der Waals surface area contributed by atoms with Crippen LogP contribution in [0.25, 0.3) is 0 Å². The summed E-state index contributed by atoms with van der Waals surface area (Å²) in [7, 11) is 0. The Labute approximate surface area is 141 Å². The van der Waals surface area contributed by atoms with Gasteiger partial charge in [-0.25, -0.2) is 0 Å². The highest BCUT2D eigenvalue weighted by Crippen LogP contribution is 2.18. The molecule has 128 valence electrons. The molecule has 0 bridgehead atoms. The van der Waals surface area contributed by atoms with Gasteiger partial charge in [0.1, 0.15) is 5.75 Å². The number of ether oxygens (including phenoxy) is 1. The molecule has 6 heteroatoms. The Balaban J connectivity index is 2.42. The molecule has 1 amide bonds. The molecule has 0 saturated heterocycles. The Bertz CT molecular complexity index is 490. The van der Waals surface area contributed by atoms with Gasteiger partial charge in [-0.05, 0) is 30.4 Å². The molecule has 1 aromatic rings. The first kappa shape index (κ1) is 19.5. The molecule has 1 atom stereocenters. The summed E-state index contributed by atoms with van der Waals surface area (Å²) in [6.45, 7) is 2.19. The van der Waals surface area contributed by atoms with Crippen molar-refractivity contribution >= 4 is 23.6 Å². The largest absolute Gasteiger partial charge is 0.427 e. The van der Waals surface area contributed by atoms with E-state index in [2.05, 4.69) is 5.32 Å². The number of aliphatic hydroxyl groups excluding tert-OH is 1. The zero-order chi connectivity index (χ0) is 17.1. The third kappa shape index (κ3) is 8.04. The minimum atomic E-state index is -0.780. The summed E-state index contributed by atoms with van der Waals surface area (Å²) < 4.78 is 5.20. The van der Waals surface area contributed by atoms with Crippen molar-refractivity contribution in [1.82, 2.24) is 5.32 Å². The molecule has 5 nitrogen and oxygen atoms in total. The van der Waals surface area contributed by atoms with Gasteiger partial charge in [-0.15, -0.1) is 0 Å². The molecule has 1 unspecified atom stereocenters. The molecule has 1 aromatic carbocycles. The van der Waals surface area contributed by atoms with Crippen LogP contribution in [0.4, 0.5) is 0 Å². The van der Waals surface area contributed by atoms with E-state index in [1.165, 1.54) is 0 Å². The van der Waals surface area contributed by atoms with Gasteiger partial charge in [0.15, 0.2) is 0 Å². The van der Waals surface area contributed by atoms with Crippen LogP contribution in [-0.2, 0) is 9.59 Å². The number of nitrogens with one attached hydrogen (secondary N) is 1. The lowest BCUT2D eigenvalue weighted by atomic mass is 10.1. The maximum Gasteiger partial charge on any atom is 0.311 e. The summed E-state index contributed by atoms with van der Waals surface area (Å²) in [5, 5.41) is 12.8. The Hall–Kier alpha value is -1.53. The van der Waals surface area contributed by atoms with Crippen molar-refractivity contribution in [2.75, 3.05) is 18.6 Å². The monoisotopic (exact) mass is 339 g/mol. The molecule has 0 aliphatic rings. The molecule has 0 aromatic heterocycles. The summed E-state index contributed by atoms with van der Waals surface area (Å²) in [6, 6.07) is 6.69. The number of hydrogen-bond donors (Lipinski definition) is 2. The molecule has 23 heavy (non-hydrogen) atoms. The van der Waals surface area contributed by atoms with Crippen LogP contribution in [0.2, 0.25) is 0 Å². The fraction of sp³-hybridized carbons (Fsp3) is 0.529. The minimum Gasteiger partial charge on any atom is -0.427 e. The van der Waals surface area contributed by atoms with Crippen LogP contribution >= 0.6 is 11.8 Å². The third-order valence-corrected chi connectivity index (χ3v) is 3.87. The SMILES string of the molecule is CCCCC(=O)Oc1ccc(C(O)CNC(=O)CCSC)cc1. The highest BCUT2D eigenvalue weighted by Gasteiger charge is 2.10. The Morgan fingerprint density at radius 2 is 1.96 bits per heavy atom. The minimum absolute atomic E-state index is 0.0696. The second-order valence-electron chi connectivity index (χ2n) is 5.21. The Morgan fingerprint density at radius 3 is 2.57 bits per heavy atom. The summed E-state index contributed by atoms with van der Waals surface area (Å²) in [4.78, 5) is 23.0. The zero-order valence-corrected chi connectivity index (χ0v) is 14.5. The van der Waals surface area contributed by atoms with Crippen molar-refractivity contribution in [2.24, 2.45) is 0 Å². The fourth-order valence-electron chi connectivity index (χ4n) is 1.87. The van der Waals surface area contributed by atoms with Gasteiger partial charge in [-0.2, -0.15) is 11.8 Å². The molecule has 2 N–H and O–H groups in total. The van der Waals surface area contributed by atoms with Crippen molar-refractivity contribution in [3.8, 4) is 5.75 Å². The van der Waals surface area contributed by atoms with Gasteiger partial charge in [0.2, 0.25) is 5.91 Å². The topological polar surface area (TPSA) is 75.6 Å². The number of amides is 1. The van der Waals surface area contributed by atoms with E-state index in [0.717, 1.165) is 18.6 Å². The van der Waals surface area contributed by atoms with Crippen LogP contribution in [0, 0.1) is 0 Å².